The molecule has 0 fully saturated rings. The number of carbonyl (C=O) groups excluding carboxylic acids is 2. The first-order valence-corrected chi connectivity index (χ1v) is 11.2. The van der Waals surface area contributed by atoms with Crippen molar-refractivity contribution in [2.45, 2.75) is 39.1 Å². The first kappa shape index (κ1) is 22.6. The minimum absolute atomic E-state index is 0.128. The van der Waals surface area contributed by atoms with Crippen LogP contribution in [0.1, 0.15) is 39.7 Å². The summed E-state index contributed by atoms with van der Waals surface area (Å²) in [5, 5.41) is 6.47. The maximum absolute atomic E-state index is 13.0. The van der Waals surface area contributed by atoms with Crippen molar-refractivity contribution in [2.24, 2.45) is 0 Å². The standard InChI is InChI=1S/C25H27N3O2S/c1-5-19-10-6-7-12-21(19)28-22(29)15-31-25-23(17(3)14-18(4)26-25)24(30)27-20-11-8-9-16(2)13-20/h6-14H,5,15H2,1-4H3,(H,27,30)(H,28,29). The fourth-order valence-electron chi connectivity index (χ4n) is 3.37. The number of thioether (sulfide) groups is 1. The molecule has 0 radical (unpaired) electrons. The van der Waals surface area contributed by atoms with E-state index in [1.54, 1.807) is 0 Å². The van der Waals surface area contributed by atoms with Crippen LogP contribution in [-0.4, -0.2) is 22.6 Å². The number of hydrogen-bond donors (Lipinski definition) is 2. The van der Waals surface area contributed by atoms with E-state index in [2.05, 4.69) is 22.5 Å². The summed E-state index contributed by atoms with van der Waals surface area (Å²) in [6.07, 6.45) is 0.839. The quantitative estimate of drug-likeness (QED) is 0.479. The maximum Gasteiger partial charge on any atom is 0.258 e. The Labute approximate surface area is 187 Å². The highest BCUT2D eigenvalue weighted by Gasteiger charge is 2.19. The molecular formula is C25H27N3O2S. The van der Waals surface area contributed by atoms with Crippen LogP contribution in [0.15, 0.2) is 59.6 Å². The first-order valence-electron chi connectivity index (χ1n) is 10.2. The molecule has 0 aliphatic heterocycles. The minimum Gasteiger partial charge on any atom is -0.325 e. The predicted octanol–water partition coefficient (Wildman–Crippen LogP) is 5.55. The van der Waals surface area contributed by atoms with Gasteiger partial charge in [0.1, 0.15) is 5.03 Å². The zero-order valence-corrected chi connectivity index (χ0v) is 19.1. The van der Waals surface area contributed by atoms with E-state index in [9.17, 15) is 9.59 Å². The highest BCUT2D eigenvalue weighted by molar-refractivity contribution is 8.00. The van der Waals surface area contributed by atoms with Gasteiger partial charge in [-0.1, -0.05) is 49.0 Å². The molecule has 0 atom stereocenters. The summed E-state index contributed by atoms with van der Waals surface area (Å²) in [5.74, 6) is -0.190. The van der Waals surface area contributed by atoms with E-state index in [0.717, 1.165) is 40.2 Å². The van der Waals surface area contributed by atoms with Crippen LogP contribution in [0.3, 0.4) is 0 Å². The van der Waals surface area contributed by atoms with Crippen molar-refractivity contribution < 1.29 is 9.59 Å². The summed E-state index contributed by atoms with van der Waals surface area (Å²) in [4.78, 5) is 30.2. The number of amides is 2. The van der Waals surface area contributed by atoms with Gasteiger partial charge in [0.15, 0.2) is 0 Å². The number of aryl methyl sites for hydroxylation is 4. The van der Waals surface area contributed by atoms with Crippen molar-refractivity contribution in [3.8, 4) is 0 Å². The van der Waals surface area contributed by atoms with Gasteiger partial charge in [-0.3, -0.25) is 9.59 Å². The molecule has 0 aliphatic carbocycles. The molecule has 6 heteroatoms. The Hall–Kier alpha value is -3.12. The van der Waals surface area contributed by atoms with Gasteiger partial charge in [0.25, 0.3) is 5.91 Å². The largest absolute Gasteiger partial charge is 0.325 e. The van der Waals surface area contributed by atoms with Gasteiger partial charge in [0.2, 0.25) is 5.91 Å². The van der Waals surface area contributed by atoms with E-state index in [0.29, 0.717) is 10.6 Å². The number of aromatic nitrogens is 1. The van der Waals surface area contributed by atoms with Crippen LogP contribution >= 0.6 is 11.8 Å². The molecule has 0 aliphatic rings. The molecule has 5 nitrogen and oxygen atoms in total. The number of para-hydroxylation sites is 1. The zero-order chi connectivity index (χ0) is 22.4. The molecule has 0 bridgehead atoms. The van der Waals surface area contributed by atoms with Crippen molar-refractivity contribution in [1.29, 1.82) is 0 Å². The molecule has 160 valence electrons. The summed E-state index contributed by atoms with van der Waals surface area (Å²) >= 11 is 1.27. The van der Waals surface area contributed by atoms with Crippen LogP contribution in [0.25, 0.3) is 0 Å². The number of carbonyl (C=O) groups is 2. The topological polar surface area (TPSA) is 71.1 Å². The predicted molar refractivity (Wildman–Crippen MR) is 128 cm³/mol. The average molecular weight is 434 g/mol. The summed E-state index contributed by atoms with van der Waals surface area (Å²) in [7, 11) is 0. The van der Waals surface area contributed by atoms with Crippen LogP contribution in [0.2, 0.25) is 0 Å². The average Bonchev–Trinajstić information content (AvgIpc) is 2.72. The van der Waals surface area contributed by atoms with Crippen LogP contribution < -0.4 is 10.6 Å². The number of rotatable bonds is 7. The Balaban J connectivity index is 1.76. The number of anilines is 2. The summed E-state index contributed by atoms with van der Waals surface area (Å²) in [5.41, 5.74) is 5.84. The number of nitrogens with one attached hydrogen (secondary N) is 2. The monoisotopic (exact) mass is 433 g/mol. The number of benzene rings is 2. The van der Waals surface area contributed by atoms with Crippen molar-refractivity contribution in [3.63, 3.8) is 0 Å². The highest BCUT2D eigenvalue weighted by Crippen LogP contribution is 2.26. The smallest absolute Gasteiger partial charge is 0.258 e. The lowest BCUT2D eigenvalue weighted by Gasteiger charge is -2.14. The molecule has 0 spiro atoms. The van der Waals surface area contributed by atoms with Gasteiger partial charge >= 0.3 is 0 Å². The van der Waals surface area contributed by atoms with Crippen molar-refractivity contribution in [2.75, 3.05) is 16.4 Å². The van der Waals surface area contributed by atoms with Gasteiger partial charge in [-0.25, -0.2) is 4.98 Å². The van der Waals surface area contributed by atoms with E-state index in [4.69, 9.17) is 0 Å². The lowest BCUT2D eigenvalue weighted by atomic mass is 10.1. The summed E-state index contributed by atoms with van der Waals surface area (Å²) in [6.45, 7) is 7.81. The number of hydrogen-bond acceptors (Lipinski definition) is 4. The Morgan fingerprint density at radius 3 is 2.48 bits per heavy atom. The second-order valence-corrected chi connectivity index (χ2v) is 8.40. The van der Waals surface area contributed by atoms with E-state index in [1.165, 1.54) is 11.8 Å². The molecule has 3 aromatic rings. The van der Waals surface area contributed by atoms with Crippen LogP contribution in [0.5, 0.6) is 0 Å². The van der Waals surface area contributed by atoms with Crippen molar-refractivity contribution in [1.82, 2.24) is 4.98 Å². The van der Waals surface area contributed by atoms with Crippen molar-refractivity contribution in [3.05, 3.63) is 82.5 Å². The number of nitrogens with zero attached hydrogens (tertiary/aromatic N) is 1. The fourth-order valence-corrected chi connectivity index (χ4v) is 4.32. The third-order valence-electron chi connectivity index (χ3n) is 4.83. The third-order valence-corrected chi connectivity index (χ3v) is 5.80. The SMILES string of the molecule is CCc1ccccc1NC(=O)CSc1nc(C)cc(C)c1C(=O)Nc1cccc(C)c1. The van der Waals surface area contributed by atoms with E-state index >= 15 is 0 Å². The Morgan fingerprint density at radius 2 is 1.74 bits per heavy atom. The van der Waals surface area contributed by atoms with Gasteiger partial charge in [-0.2, -0.15) is 0 Å². The summed E-state index contributed by atoms with van der Waals surface area (Å²) < 4.78 is 0. The van der Waals surface area contributed by atoms with Gasteiger partial charge in [0.05, 0.1) is 11.3 Å². The van der Waals surface area contributed by atoms with Gasteiger partial charge in [-0.05, 0) is 68.1 Å². The van der Waals surface area contributed by atoms with Gasteiger partial charge in [0, 0.05) is 17.1 Å². The van der Waals surface area contributed by atoms with Crippen LogP contribution in [0.4, 0.5) is 11.4 Å². The molecular weight excluding hydrogens is 406 g/mol. The van der Waals surface area contributed by atoms with Gasteiger partial charge < -0.3 is 10.6 Å². The number of pyridine rings is 1. The second kappa shape index (κ2) is 10.3. The van der Waals surface area contributed by atoms with Crippen LogP contribution in [-0.2, 0) is 11.2 Å². The molecule has 0 saturated carbocycles. The molecule has 0 unspecified atom stereocenters. The molecule has 1 heterocycles. The van der Waals surface area contributed by atoms with E-state index in [1.807, 2.05) is 75.4 Å². The second-order valence-electron chi connectivity index (χ2n) is 7.43. The van der Waals surface area contributed by atoms with E-state index in [-0.39, 0.29) is 17.6 Å². The van der Waals surface area contributed by atoms with E-state index < -0.39 is 0 Å². The normalized spacial score (nSPS) is 10.6. The fraction of sp³-hybridized carbons (Fsp3) is 0.240. The van der Waals surface area contributed by atoms with Gasteiger partial charge in [-0.15, -0.1) is 0 Å². The molecule has 3 rings (SSSR count). The molecule has 0 saturated heterocycles. The third kappa shape index (κ3) is 5.95. The van der Waals surface area contributed by atoms with Crippen molar-refractivity contribution >= 4 is 35.0 Å². The molecule has 2 amide bonds. The lowest BCUT2D eigenvalue weighted by Crippen LogP contribution is -2.18. The highest BCUT2D eigenvalue weighted by atomic mass is 32.2. The molecule has 31 heavy (non-hydrogen) atoms. The van der Waals surface area contributed by atoms with Crippen LogP contribution in [0, 0.1) is 20.8 Å². The Kier molecular flexibility index (Phi) is 7.47. The molecule has 2 aromatic carbocycles. The molecule has 1 aromatic heterocycles. The first-order chi connectivity index (χ1) is 14.9. The Morgan fingerprint density at radius 1 is 0.968 bits per heavy atom. The lowest BCUT2D eigenvalue weighted by molar-refractivity contribution is -0.113. The minimum atomic E-state index is -0.227. The zero-order valence-electron chi connectivity index (χ0n) is 18.3. The summed E-state index contributed by atoms with van der Waals surface area (Å²) in [6, 6.07) is 17.3. The maximum atomic E-state index is 13.0. The Bertz CT molecular complexity index is 1110. The molecule has 2 N–H and O–H groups in total.